The molecular formula is C22H28Cl2N6O. The maximum Gasteiger partial charge on any atom is 0.277 e. The first kappa shape index (κ1) is 24.7. The number of anilines is 2. The summed E-state index contributed by atoms with van der Waals surface area (Å²) in [6.07, 6.45) is 3.75. The minimum absolute atomic E-state index is 0. The van der Waals surface area contributed by atoms with Gasteiger partial charge in [0.15, 0.2) is 5.69 Å². The van der Waals surface area contributed by atoms with Gasteiger partial charge in [0.1, 0.15) is 0 Å². The van der Waals surface area contributed by atoms with Crippen molar-refractivity contribution in [3.05, 3.63) is 72.1 Å². The second kappa shape index (κ2) is 11.7. The van der Waals surface area contributed by atoms with E-state index in [2.05, 4.69) is 38.0 Å². The molecule has 31 heavy (non-hydrogen) atoms. The molecule has 0 unspecified atom stereocenters. The zero-order valence-corrected chi connectivity index (χ0v) is 19.0. The molecule has 1 amide bonds. The van der Waals surface area contributed by atoms with Crippen LogP contribution in [0.5, 0.6) is 0 Å². The molecule has 1 aliphatic rings. The molecule has 0 spiro atoms. The number of carbonyl (C=O) groups excluding carboxylic acids is 1. The number of hydrogen-bond acceptors (Lipinski definition) is 5. The number of amides is 1. The van der Waals surface area contributed by atoms with Gasteiger partial charge in [-0.15, -0.1) is 29.9 Å². The molecule has 0 aliphatic carbocycles. The van der Waals surface area contributed by atoms with Crippen molar-refractivity contribution in [3.63, 3.8) is 0 Å². The van der Waals surface area contributed by atoms with Crippen LogP contribution in [-0.4, -0.2) is 41.0 Å². The maximum atomic E-state index is 12.8. The minimum Gasteiger partial charge on any atom is -0.369 e. The Morgan fingerprint density at radius 3 is 2.52 bits per heavy atom. The van der Waals surface area contributed by atoms with Crippen molar-refractivity contribution in [1.29, 1.82) is 0 Å². The van der Waals surface area contributed by atoms with Crippen molar-refractivity contribution in [1.82, 2.24) is 20.3 Å². The van der Waals surface area contributed by atoms with Crippen molar-refractivity contribution < 1.29 is 4.79 Å². The first-order valence-electron chi connectivity index (χ1n) is 9.99. The zero-order chi connectivity index (χ0) is 20.1. The first-order valence-corrected chi connectivity index (χ1v) is 9.99. The molecule has 1 aromatic heterocycles. The van der Waals surface area contributed by atoms with Crippen LogP contribution in [-0.2, 0) is 6.54 Å². The Bertz CT molecular complexity index is 959. The lowest BCUT2D eigenvalue weighted by Gasteiger charge is -2.22. The van der Waals surface area contributed by atoms with Crippen LogP contribution in [0.4, 0.5) is 11.4 Å². The lowest BCUT2D eigenvalue weighted by Crippen LogP contribution is -2.29. The highest BCUT2D eigenvalue weighted by Gasteiger charge is 2.19. The fourth-order valence-electron chi connectivity index (χ4n) is 3.67. The number of piperidine rings is 1. The first-order chi connectivity index (χ1) is 14.2. The van der Waals surface area contributed by atoms with Crippen molar-refractivity contribution in [3.8, 4) is 0 Å². The van der Waals surface area contributed by atoms with Gasteiger partial charge in [0.25, 0.3) is 5.91 Å². The molecular weight excluding hydrogens is 435 g/mol. The topological polar surface area (TPSA) is 75.1 Å². The normalized spacial score (nSPS) is 13.6. The van der Waals surface area contributed by atoms with Gasteiger partial charge in [0.05, 0.1) is 23.6 Å². The van der Waals surface area contributed by atoms with Gasteiger partial charge < -0.3 is 15.5 Å². The van der Waals surface area contributed by atoms with Crippen LogP contribution >= 0.6 is 24.8 Å². The van der Waals surface area contributed by atoms with E-state index in [1.54, 1.807) is 6.20 Å². The third-order valence-electron chi connectivity index (χ3n) is 5.25. The number of nitrogens with one attached hydrogen (secondary N) is 2. The van der Waals surface area contributed by atoms with Gasteiger partial charge in [-0.3, -0.25) is 4.79 Å². The van der Waals surface area contributed by atoms with Gasteiger partial charge in [-0.1, -0.05) is 47.7 Å². The third kappa shape index (κ3) is 6.19. The molecule has 9 heteroatoms. The number of aromatic nitrogens is 3. The van der Waals surface area contributed by atoms with Crippen LogP contribution in [0.15, 0.2) is 60.8 Å². The van der Waals surface area contributed by atoms with E-state index in [9.17, 15) is 4.79 Å². The van der Waals surface area contributed by atoms with Crippen molar-refractivity contribution >= 4 is 42.1 Å². The van der Waals surface area contributed by atoms with E-state index >= 15 is 0 Å². The molecule has 1 saturated heterocycles. The molecule has 0 saturated carbocycles. The van der Waals surface area contributed by atoms with E-state index in [1.807, 2.05) is 54.2 Å². The van der Waals surface area contributed by atoms with Gasteiger partial charge in [-0.25, -0.2) is 4.68 Å². The molecule has 7 nitrogen and oxygen atoms in total. The minimum atomic E-state index is -0.245. The number of carbonyl (C=O) groups is 1. The van der Waals surface area contributed by atoms with E-state index in [4.69, 9.17) is 0 Å². The Morgan fingerprint density at radius 1 is 1.10 bits per heavy atom. The monoisotopic (exact) mass is 462 g/mol. The van der Waals surface area contributed by atoms with Crippen LogP contribution in [0.3, 0.4) is 0 Å². The number of rotatable bonds is 6. The van der Waals surface area contributed by atoms with Gasteiger partial charge in [0.2, 0.25) is 0 Å². The molecule has 1 fully saturated rings. The van der Waals surface area contributed by atoms with Crippen LogP contribution < -0.4 is 15.5 Å². The fourth-order valence-corrected chi connectivity index (χ4v) is 3.67. The Morgan fingerprint density at radius 2 is 1.77 bits per heavy atom. The molecule has 2 aromatic carbocycles. The Hall–Kier alpha value is -2.61. The molecule has 166 valence electrons. The molecule has 2 N–H and O–H groups in total. The fraction of sp³-hybridized carbons (Fsp3) is 0.318. The average Bonchev–Trinajstić information content (AvgIpc) is 3.26. The summed E-state index contributed by atoms with van der Waals surface area (Å²) in [5, 5.41) is 14.6. The summed E-state index contributed by atoms with van der Waals surface area (Å²) in [6, 6.07) is 18.4. The smallest absolute Gasteiger partial charge is 0.277 e. The van der Waals surface area contributed by atoms with E-state index < -0.39 is 0 Å². The molecule has 0 bridgehead atoms. The maximum absolute atomic E-state index is 12.8. The summed E-state index contributed by atoms with van der Waals surface area (Å²) in [4.78, 5) is 14.9. The van der Waals surface area contributed by atoms with Crippen molar-refractivity contribution in [2.45, 2.75) is 25.4 Å². The second-order valence-electron chi connectivity index (χ2n) is 7.38. The summed E-state index contributed by atoms with van der Waals surface area (Å²) >= 11 is 0. The number of nitrogens with zero attached hydrogens (tertiary/aromatic N) is 4. The highest BCUT2D eigenvalue weighted by molar-refractivity contribution is 6.04. The lowest BCUT2D eigenvalue weighted by atomic mass is 10.1. The Balaban J connectivity index is 0.00000171. The van der Waals surface area contributed by atoms with Crippen LogP contribution in [0.1, 0.15) is 34.9 Å². The molecule has 3 aromatic rings. The van der Waals surface area contributed by atoms with Gasteiger partial charge >= 0.3 is 0 Å². The lowest BCUT2D eigenvalue weighted by molar-refractivity contribution is 0.102. The molecule has 4 rings (SSSR count). The Labute approximate surface area is 195 Å². The van der Waals surface area contributed by atoms with Crippen LogP contribution in [0.25, 0.3) is 0 Å². The highest BCUT2D eigenvalue weighted by atomic mass is 35.5. The van der Waals surface area contributed by atoms with E-state index in [0.717, 1.165) is 43.9 Å². The van der Waals surface area contributed by atoms with Crippen LogP contribution in [0, 0.1) is 0 Å². The van der Waals surface area contributed by atoms with E-state index in [-0.39, 0.29) is 30.7 Å². The molecule has 0 atom stereocenters. The summed E-state index contributed by atoms with van der Waals surface area (Å²) in [6.45, 7) is 2.68. The van der Waals surface area contributed by atoms with Crippen molar-refractivity contribution in [2.24, 2.45) is 0 Å². The summed E-state index contributed by atoms with van der Waals surface area (Å²) in [5.74, 6) is -0.245. The van der Waals surface area contributed by atoms with Gasteiger partial charge in [0, 0.05) is 13.6 Å². The predicted octanol–water partition coefficient (Wildman–Crippen LogP) is 3.93. The van der Waals surface area contributed by atoms with Crippen LogP contribution in [0.2, 0.25) is 0 Å². The summed E-state index contributed by atoms with van der Waals surface area (Å²) in [7, 11) is 2.02. The quantitative estimate of drug-likeness (QED) is 0.580. The standard InChI is InChI=1S/C22H26N6O.2ClH/c1-27(15-17-7-3-2-4-8-17)21-10-6-5-9-19(21)24-22(29)20-16-28(26-25-20)18-11-13-23-14-12-18;;/h2-10,16,18,23H,11-15H2,1H3,(H,24,29);2*1H. The summed E-state index contributed by atoms with van der Waals surface area (Å²) in [5.41, 5.74) is 3.26. The SMILES string of the molecule is CN(Cc1ccccc1)c1ccccc1NC(=O)c1cn(C2CCNCC2)nn1.Cl.Cl. The highest BCUT2D eigenvalue weighted by Crippen LogP contribution is 2.26. The van der Waals surface area contributed by atoms with Gasteiger partial charge in [-0.2, -0.15) is 0 Å². The number of benzene rings is 2. The second-order valence-corrected chi connectivity index (χ2v) is 7.38. The van der Waals surface area contributed by atoms with Gasteiger partial charge in [-0.05, 0) is 43.6 Å². The summed E-state index contributed by atoms with van der Waals surface area (Å²) < 4.78 is 1.82. The van der Waals surface area contributed by atoms with E-state index in [0.29, 0.717) is 11.7 Å². The zero-order valence-electron chi connectivity index (χ0n) is 17.4. The Kier molecular flexibility index (Phi) is 9.30. The molecule has 2 heterocycles. The number of para-hydroxylation sites is 2. The largest absolute Gasteiger partial charge is 0.369 e. The molecule has 0 radical (unpaired) electrons. The predicted molar refractivity (Wildman–Crippen MR) is 129 cm³/mol. The van der Waals surface area contributed by atoms with Crippen molar-refractivity contribution in [2.75, 3.05) is 30.4 Å². The number of halogens is 2. The molecule has 1 aliphatic heterocycles. The average molecular weight is 463 g/mol. The van der Waals surface area contributed by atoms with E-state index in [1.165, 1.54) is 5.56 Å². The third-order valence-corrected chi connectivity index (χ3v) is 5.25. The number of hydrogen-bond donors (Lipinski definition) is 2.